The van der Waals surface area contributed by atoms with Crippen molar-refractivity contribution in [2.24, 2.45) is 5.73 Å². The number of aryl methyl sites for hydroxylation is 1. The molecule has 31 heavy (non-hydrogen) atoms. The number of hydrogen-bond acceptors (Lipinski definition) is 7. The maximum Gasteiger partial charge on any atom is 0.256 e. The van der Waals surface area contributed by atoms with Crippen molar-refractivity contribution in [2.45, 2.75) is 38.8 Å². The Morgan fingerprint density at radius 1 is 1.42 bits per heavy atom. The van der Waals surface area contributed by atoms with Gasteiger partial charge in [0.25, 0.3) is 5.91 Å². The number of halogens is 1. The molecule has 164 valence electrons. The number of amides is 1. The molecule has 0 aromatic carbocycles. The molecular weight excluding hydrogens is 416 g/mol. The first-order chi connectivity index (χ1) is 14.8. The van der Waals surface area contributed by atoms with E-state index in [1.54, 1.807) is 16.5 Å². The summed E-state index contributed by atoms with van der Waals surface area (Å²) in [4.78, 5) is 25.7. The van der Waals surface area contributed by atoms with E-state index in [2.05, 4.69) is 9.88 Å². The largest absolute Gasteiger partial charge is 0.397 e. The number of hydrogen-bond donors (Lipinski definition) is 2. The Morgan fingerprint density at radius 2 is 2.19 bits per heavy atom. The van der Waals surface area contributed by atoms with Gasteiger partial charge >= 0.3 is 0 Å². The van der Waals surface area contributed by atoms with Gasteiger partial charge in [-0.05, 0) is 25.8 Å². The fourth-order valence-corrected chi connectivity index (χ4v) is 4.28. The fraction of sp³-hybridized carbons (Fsp3) is 0.429. The van der Waals surface area contributed by atoms with Gasteiger partial charge in [0.2, 0.25) is 0 Å². The lowest BCUT2D eigenvalue weighted by molar-refractivity contribution is 0.0723. The second-order valence-corrected chi connectivity index (χ2v) is 8.44. The molecule has 2 atom stereocenters. The summed E-state index contributed by atoms with van der Waals surface area (Å²) in [5.74, 6) is 0.699. The molecule has 0 aliphatic carbocycles. The predicted molar refractivity (Wildman–Crippen MR) is 121 cm³/mol. The number of nitrogens with zero attached hydrogens (tertiary/aromatic N) is 6. The monoisotopic (exact) mass is 442 g/mol. The molecule has 1 saturated heterocycles. The average Bonchev–Trinajstić information content (AvgIpc) is 3.34. The van der Waals surface area contributed by atoms with Gasteiger partial charge in [-0.25, -0.2) is 14.5 Å². The minimum atomic E-state index is -0.246. The molecule has 1 aliphatic rings. The number of nitrogens with two attached hydrogens (primary N) is 2. The van der Waals surface area contributed by atoms with Crippen molar-refractivity contribution in [2.75, 3.05) is 30.8 Å². The lowest BCUT2D eigenvalue weighted by Gasteiger charge is -2.26. The maximum absolute atomic E-state index is 13.1. The summed E-state index contributed by atoms with van der Waals surface area (Å²) in [7, 11) is 1.74. The number of fused-ring (bicyclic) bond motifs is 1. The molecule has 0 bridgehead atoms. The second-order valence-electron chi connectivity index (χ2n) is 8.05. The molecular formula is C21H27ClN8O. The van der Waals surface area contributed by atoms with E-state index in [4.69, 9.17) is 33.2 Å². The minimum absolute atomic E-state index is 0.177. The van der Waals surface area contributed by atoms with Crippen LogP contribution in [-0.4, -0.2) is 56.6 Å². The van der Waals surface area contributed by atoms with Crippen LogP contribution in [-0.2, 0) is 0 Å². The topological polar surface area (TPSA) is 119 Å². The Morgan fingerprint density at radius 3 is 2.87 bits per heavy atom. The van der Waals surface area contributed by atoms with Crippen molar-refractivity contribution in [3.63, 3.8) is 0 Å². The molecule has 4 rings (SSSR count). The van der Waals surface area contributed by atoms with E-state index in [0.717, 1.165) is 42.2 Å². The van der Waals surface area contributed by atoms with Gasteiger partial charge in [0.15, 0.2) is 5.65 Å². The fourth-order valence-electron chi connectivity index (χ4n) is 4.12. The van der Waals surface area contributed by atoms with Gasteiger partial charge in [-0.3, -0.25) is 4.79 Å². The van der Waals surface area contributed by atoms with Crippen LogP contribution in [0.4, 0.5) is 11.5 Å². The zero-order chi connectivity index (χ0) is 22.3. The number of rotatable bonds is 5. The maximum atomic E-state index is 13.1. The molecule has 0 radical (unpaired) electrons. The van der Waals surface area contributed by atoms with Gasteiger partial charge in [0.05, 0.1) is 29.2 Å². The van der Waals surface area contributed by atoms with Gasteiger partial charge in [0.1, 0.15) is 11.0 Å². The molecule has 3 aromatic heterocycles. The van der Waals surface area contributed by atoms with Crippen molar-refractivity contribution in [1.82, 2.24) is 24.5 Å². The molecule has 9 nitrogen and oxygen atoms in total. The molecule has 0 spiro atoms. The predicted octanol–water partition coefficient (Wildman–Crippen LogP) is 2.43. The molecule has 0 saturated carbocycles. The number of nitrogen functional groups attached to an aromatic ring is 1. The first kappa shape index (κ1) is 21.3. The number of anilines is 2. The number of carbonyl (C=O) groups is 1. The minimum Gasteiger partial charge on any atom is -0.397 e. The second kappa shape index (κ2) is 8.32. The Labute approximate surface area is 186 Å². The van der Waals surface area contributed by atoms with E-state index in [9.17, 15) is 4.79 Å². The summed E-state index contributed by atoms with van der Waals surface area (Å²) in [6, 6.07) is 3.35. The van der Waals surface area contributed by atoms with Crippen LogP contribution in [0.5, 0.6) is 0 Å². The third-order valence-corrected chi connectivity index (χ3v) is 6.00. The average molecular weight is 443 g/mol. The summed E-state index contributed by atoms with van der Waals surface area (Å²) in [6.07, 6.45) is 5.01. The third kappa shape index (κ3) is 4.03. The van der Waals surface area contributed by atoms with E-state index >= 15 is 0 Å². The lowest BCUT2D eigenvalue weighted by Crippen LogP contribution is -2.31. The summed E-state index contributed by atoms with van der Waals surface area (Å²) in [5.41, 5.74) is 15.2. The highest BCUT2D eigenvalue weighted by molar-refractivity contribution is 6.29. The first-order valence-corrected chi connectivity index (χ1v) is 10.7. The SMILES string of the molecule is CC[C@@H](c1cc2nc(N3CC[C@H](N)C3)c(C)cn2n1)N(C)C(=O)c1cc(Cl)ncc1N. The summed E-state index contributed by atoms with van der Waals surface area (Å²) >= 11 is 5.97. The summed E-state index contributed by atoms with van der Waals surface area (Å²) < 4.78 is 1.77. The highest BCUT2D eigenvalue weighted by atomic mass is 35.5. The van der Waals surface area contributed by atoms with E-state index in [1.807, 2.05) is 26.1 Å². The van der Waals surface area contributed by atoms with Gasteiger partial charge in [-0.15, -0.1) is 0 Å². The number of aromatic nitrogens is 4. The van der Waals surface area contributed by atoms with Gasteiger partial charge in [-0.1, -0.05) is 18.5 Å². The molecule has 4 heterocycles. The van der Waals surface area contributed by atoms with Crippen LogP contribution in [0.1, 0.15) is 47.4 Å². The molecule has 1 fully saturated rings. The lowest BCUT2D eigenvalue weighted by atomic mass is 10.1. The van der Waals surface area contributed by atoms with Gasteiger partial charge in [-0.2, -0.15) is 5.10 Å². The molecule has 10 heteroatoms. The van der Waals surface area contributed by atoms with Crippen LogP contribution in [0.15, 0.2) is 24.5 Å². The smallest absolute Gasteiger partial charge is 0.256 e. The Bertz CT molecular complexity index is 1130. The molecule has 3 aromatic rings. The van der Waals surface area contributed by atoms with Crippen LogP contribution in [0.2, 0.25) is 5.15 Å². The zero-order valence-electron chi connectivity index (χ0n) is 17.9. The first-order valence-electron chi connectivity index (χ1n) is 10.3. The number of pyridine rings is 1. The molecule has 0 unspecified atom stereocenters. The van der Waals surface area contributed by atoms with Gasteiger partial charge < -0.3 is 21.3 Å². The van der Waals surface area contributed by atoms with Crippen molar-refractivity contribution >= 4 is 34.7 Å². The van der Waals surface area contributed by atoms with E-state index in [1.165, 1.54) is 12.3 Å². The van der Waals surface area contributed by atoms with Crippen LogP contribution >= 0.6 is 11.6 Å². The zero-order valence-corrected chi connectivity index (χ0v) is 18.7. The van der Waals surface area contributed by atoms with Crippen LogP contribution < -0.4 is 16.4 Å². The Hall–Kier alpha value is -2.91. The van der Waals surface area contributed by atoms with Crippen molar-refractivity contribution in [1.29, 1.82) is 0 Å². The highest BCUT2D eigenvalue weighted by Crippen LogP contribution is 2.28. The van der Waals surface area contributed by atoms with Crippen LogP contribution in [0, 0.1) is 6.92 Å². The van der Waals surface area contributed by atoms with Crippen molar-refractivity contribution < 1.29 is 4.79 Å². The Balaban J connectivity index is 1.65. The van der Waals surface area contributed by atoms with Crippen LogP contribution in [0.3, 0.4) is 0 Å². The molecule has 4 N–H and O–H groups in total. The number of carbonyl (C=O) groups excluding carboxylic acids is 1. The third-order valence-electron chi connectivity index (χ3n) is 5.80. The van der Waals surface area contributed by atoms with Crippen molar-refractivity contribution in [3.8, 4) is 0 Å². The Kier molecular flexibility index (Phi) is 5.72. The summed E-state index contributed by atoms with van der Waals surface area (Å²) in [6.45, 7) is 5.74. The van der Waals surface area contributed by atoms with Gasteiger partial charge in [0, 0.05) is 44.0 Å². The standard InChI is InChI=1S/C21H27ClN8O/c1-4-17(28(3)21(31)14-7-18(22)25-9-15(14)24)16-8-19-26-20(12(2)10-30(19)27-16)29-6-5-13(23)11-29/h7-10,13,17H,4-6,11,23-24H2,1-3H3/t13-,17-/m0/s1. The summed E-state index contributed by atoms with van der Waals surface area (Å²) in [5, 5.41) is 4.93. The van der Waals surface area contributed by atoms with E-state index in [0.29, 0.717) is 12.0 Å². The highest BCUT2D eigenvalue weighted by Gasteiger charge is 2.27. The molecule has 1 amide bonds. The molecule has 1 aliphatic heterocycles. The van der Waals surface area contributed by atoms with E-state index in [-0.39, 0.29) is 28.8 Å². The van der Waals surface area contributed by atoms with E-state index < -0.39 is 0 Å². The van der Waals surface area contributed by atoms with Crippen molar-refractivity contribution in [3.05, 3.63) is 46.5 Å². The normalized spacial score (nSPS) is 17.3. The van der Waals surface area contributed by atoms with Crippen LogP contribution in [0.25, 0.3) is 5.65 Å². The quantitative estimate of drug-likeness (QED) is 0.582.